The van der Waals surface area contributed by atoms with Crippen molar-refractivity contribution in [3.8, 4) is 11.3 Å². The number of hydrogen-bond donors (Lipinski definition) is 4. The van der Waals surface area contributed by atoms with E-state index < -0.39 is 39.1 Å². The van der Waals surface area contributed by atoms with E-state index in [0.717, 1.165) is 11.6 Å². The number of carbonyl (C=O) groups is 1. The van der Waals surface area contributed by atoms with Gasteiger partial charge in [-0.05, 0) is 79.0 Å². The number of rotatable bonds is 8. The number of benzene rings is 2. The van der Waals surface area contributed by atoms with E-state index in [-0.39, 0.29) is 23.9 Å². The SMILES string of the molecule is NC(=O)C1(NS(=O)(=O)NCC2CC(c3c(-c4ccc(F)cc4)[nH]c4c(F)cc(F)cc34)C2)CC1. The maximum absolute atomic E-state index is 14.5. The van der Waals surface area contributed by atoms with Gasteiger partial charge in [0.05, 0.1) is 11.2 Å². The topological polar surface area (TPSA) is 117 Å². The fraction of sp³-hybridized carbons (Fsp3) is 0.348. The van der Waals surface area contributed by atoms with Crippen molar-refractivity contribution in [1.82, 2.24) is 14.4 Å². The lowest BCUT2D eigenvalue weighted by atomic mass is 9.70. The van der Waals surface area contributed by atoms with Crippen LogP contribution in [0.2, 0.25) is 0 Å². The van der Waals surface area contributed by atoms with Gasteiger partial charge in [-0.3, -0.25) is 4.79 Å². The summed E-state index contributed by atoms with van der Waals surface area (Å²) in [5.41, 5.74) is 6.20. The number of aromatic nitrogens is 1. The summed E-state index contributed by atoms with van der Waals surface area (Å²) in [4.78, 5) is 14.5. The van der Waals surface area contributed by atoms with Crippen molar-refractivity contribution in [2.45, 2.75) is 37.1 Å². The summed E-state index contributed by atoms with van der Waals surface area (Å²) in [7, 11) is -3.91. The van der Waals surface area contributed by atoms with Gasteiger partial charge in [0.1, 0.15) is 23.0 Å². The number of amides is 1. The van der Waals surface area contributed by atoms with Crippen LogP contribution >= 0.6 is 0 Å². The third-order valence-electron chi connectivity index (χ3n) is 6.75. The van der Waals surface area contributed by atoms with E-state index in [1.165, 1.54) is 18.2 Å². The molecule has 34 heavy (non-hydrogen) atoms. The number of fused-ring (bicyclic) bond motifs is 1. The number of H-pyrrole nitrogens is 1. The van der Waals surface area contributed by atoms with Crippen LogP contribution in [0.25, 0.3) is 22.2 Å². The van der Waals surface area contributed by atoms with Crippen LogP contribution in [0.5, 0.6) is 0 Å². The summed E-state index contributed by atoms with van der Waals surface area (Å²) in [6, 6.07) is 7.81. The predicted octanol–water partition coefficient (Wildman–Crippen LogP) is 3.19. The Hall–Kier alpha value is -2.89. The van der Waals surface area contributed by atoms with E-state index in [0.29, 0.717) is 42.3 Å². The Morgan fingerprint density at radius 2 is 1.76 bits per heavy atom. The molecule has 5 N–H and O–H groups in total. The summed E-state index contributed by atoms with van der Waals surface area (Å²) in [6.45, 7) is 0.150. The Bertz CT molecular complexity index is 1380. The molecule has 2 saturated carbocycles. The molecule has 1 heterocycles. The highest BCUT2D eigenvalue weighted by atomic mass is 32.2. The van der Waals surface area contributed by atoms with E-state index in [1.807, 2.05) is 0 Å². The molecular weight excluding hydrogens is 469 g/mol. The zero-order chi connectivity index (χ0) is 24.3. The van der Waals surface area contributed by atoms with E-state index in [2.05, 4.69) is 14.4 Å². The molecule has 0 aliphatic heterocycles. The molecule has 2 fully saturated rings. The Balaban J connectivity index is 1.35. The molecular formula is C23H23F3N4O3S. The Morgan fingerprint density at radius 3 is 2.38 bits per heavy atom. The Kier molecular flexibility index (Phi) is 5.45. The molecule has 180 valence electrons. The lowest BCUT2D eigenvalue weighted by Crippen LogP contribution is -2.51. The fourth-order valence-corrected chi connectivity index (χ4v) is 6.04. The van der Waals surface area contributed by atoms with Gasteiger partial charge in [-0.25, -0.2) is 17.9 Å². The number of hydrogen-bond acceptors (Lipinski definition) is 3. The summed E-state index contributed by atoms with van der Waals surface area (Å²) in [5, 5.41) is 0.416. The molecule has 1 amide bonds. The van der Waals surface area contributed by atoms with Crippen LogP contribution in [0.3, 0.4) is 0 Å². The van der Waals surface area contributed by atoms with E-state index in [4.69, 9.17) is 5.73 Å². The van der Waals surface area contributed by atoms with Crippen LogP contribution in [0.4, 0.5) is 13.2 Å². The third-order valence-corrected chi connectivity index (χ3v) is 7.96. The van der Waals surface area contributed by atoms with E-state index >= 15 is 0 Å². The quantitative estimate of drug-likeness (QED) is 0.387. The number of nitrogens with one attached hydrogen (secondary N) is 3. The molecule has 2 aromatic carbocycles. The van der Waals surface area contributed by atoms with Gasteiger partial charge in [0.2, 0.25) is 5.91 Å². The number of carbonyl (C=O) groups excluding carboxylic acids is 1. The van der Waals surface area contributed by atoms with Gasteiger partial charge >= 0.3 is 0 Å². The average molecular weight is 493 g/mol. The average Bonchev–Trinajstić information content (AvgIpc) is 3.41. The summed E-state index contributed by atoms with van der Waals surface area (Å²) in [6.07, 6.45) is 1.91. The lowest BCUT2D eigenvalue weighted by Gasteiger charge is -2.36. The van der Waals surface area contributed by atoms with Crippen LogP contribution in [0.15, 0.2) is 36.4 Å². The number of halogens is 3. The molecule has 1 aromatic heterocycles. The Morgan fingerprint density at radius 1 is 1.09 bits per heavy atom. The molecule has 0 radical (unpaired) electrons. The molecule has 0 unspecified atom stereocenters. The van der Waals surface area contributed by atoms with Crippen LogP contribution < -0.4 is 15.2 Å². The summed E-state index contributed by atoms with van der Waals surface area (Å²) in [5.74, 6) is -2.61. The normalized spacial score (nSPS) is 21.4. The van der Waals surface area contributed by atoms with Gasteiger partial charge in [-0.1, -0.05) is 0 Å². The van der Waals surface area contributed by atoms with Crippen molar-refractivity contribution in [1.29, 1.82) is 0 Å². The second kappa shape index (κ2) is 8.10. The molecule has 2 aliphatic rings. The maximum Gasteiger partial charge on any atom is 0.277 e. The van der Waals surface area contributed by atoms with Crippen LogP contribution in [0.1, 0.15) is 37.2 Å². The van der Waals surface area contributed by atoms with Crippen molar-refractivity contribution < 1.29 is 26.4 Å². The second-order valence-electron chi connectivity index (χ2n) is 9.17. The van der Waals surface area contributed by atoms with Gasteiger partial charge in [0.25, 0.3) is 10.2 Å². The molecule has 5 rings (SSSR count). The first-order chi connectivity index (χ1) is 16.1. The van der Waals surface area contributed by atoms with Crippen LogP contribution in [-0.2, 0) is 15.0 Å². The van der Waals surface area contributed by atoms with Gasteiger partial charge in [-0.15, -0.1) is 0 Å². The van der Waals surface area contributed by atoms with E-state index in [1.54, 1.807) is 12.1 Å². The highest BCUT2D eigenvalue weighted by Crippen LogP contribution is 2.48. The van der Waals surface area contributed by atoms with Crippen LogP contribution in [-0.4, -0.2) is 31.4 Å². The van der Waals surface area contributed by atoms with E-state index in [9.17, 15) is 26.4 Å². The highest BCUT2D eigenvalue weighted by molar-refractivity contribution is 7.87. The Labute approximate surface area is 194 Å². The first-order valence-electron chi connectivity index (χ1n) is 10.9. The minimum Gasteiger partial charge on any atom is -0.368 e. The van der Waals surface area contributed by atoms with Crippen molar-refractivity contribution in [2.24, 2.45) is 11.7 Å². The van der Waals surface area contributed by atoms with Crippen LogP contribution in [0, 0.1) is 23.4 Å². The van der Waals surface area contributed by atoms with Gasteiger partial charge in [0, 0.05) is 18.0 Å². The second-order valence-corrected chi connectivity index (χ2v) is 10.7. The van der Waals surface area contributed by atoms with Gasteiger partial charge < -0.3 is 10.7 Å². The molecule has 3 aromatic rings. The van der Waals surface area contributed by atoms with Crippen molar-refractivity contribution in [3.63, 3.8) is 0 Å². The van der Waals surface area contributed by atoms with Crippen molar-refractivity contribution in [3.05, 3.63) is 59.4 Å². The zero-order valence-electron chi connectivity index (χ0n) is 18.0. The first kappa shape index (κ1) is 22.9. The van der Waals surface area contributed by atoms with Gasteiger partial charge in [-0.2, -0.15) is 13.1 Å². The van der Waals surface area contributed by atoms with Crippen molar-refractivity contribution in [2.75, 3.05) is 6.54 Å². The number of primary amides is 1. The molecule has 7 nitrogen and oxygen atoms in total. The molecule has 11 heteroatoms. The summed E-state index contributed by atoms with van der Waals surface area (Å²) >= 11 is 0. The maximum atomic E-state index is 14.5. The zero-order valence-corrected chi connectivity index (χ0v) is 18.8. The molecule has 0 bridgehead atoms. The fourth-order valence-electron chi connectivity index (χ4n) is 4.69. The minimum atomic E-state index is -3.91. The standard InChI is InChI=1S/C23H23F3N4O3S/c24-15-3-1-13(2-4-15)20-19(17-9-16(25)10-18(26)21(17)29-20)14-7-12(8-14)11-28-34(32,33)30-23(5-6-23)22(27)31/h1-4,9-10,12,14,28-30H,5-8,11H2,(H2,27,31). The summed E-state index contributed by atoms with van der Waals surface area (Å²) < 4.78 is 71.4. The highest BCUT2D eigenvalue weighted by Gasteiger charge is 2.51. The smallest absolute Gasteiger partial charge is 0.277 e. The monoisotopic (exact) mass is 492 g/mol. The molecule has 2 aliphatic carbocycles. The third kappa shape index (κ3) is 4.19. The van der Waals surface area contributed by atoms with Gasteiger partial charge in [0.15, 0.2) is 0 Å². The molecule has 0 saturated heterocycles. The van der Waals surface area contributed by atoms with Crippen molar-refractivity contribution >= 4 is 27.0 Å². The lowest BCUT2D eigenvalue weighted by molar-refractivity contribution is -0.120. The number of nitrogens with two attached hydrogens (primary N) is 1. The largest absolute Gasteiger partial charge is 0.368 e. The molecule has 0 atom stereocenters. The predicted molar refractivity (Wildman–Crippen MR) is 120 cm³/mol. The number of aromatic amines is 1. The first-order valence-corrected chi connectivity index (χ1v) is 12.4. The molecule has 0 spiro atoms. The minimum absolute atomic E-state index is 0.00488.